The van der Waals surface area contributed by atoms with Gasteiger partial charge in [-0.15, -0.1) is 0 Å². The van der Waals surface area contributed by atoms with Gasteiger partial charge in [-0.2, -0.15) is 5.10 Å². The van der Waals surface area contributed by atoms with E-state index in [1.54, 1.807) is 23.0 Å². The molecule has 0 bridgehead atoms. The average molecular weight is 374 g/mol. The van der Waals surface area contributed by atoms with Gasteiger partial charge in [0.05, 0.1) is 6.54 Å². The van der Waals surface area contributed by atoms with E-state index in [2.05, 4.69) is 21.6 Å². The molecule has 1 aliphatic carbocycles. The first-order valence-electron chi connectivity index (χ1n) is 8.89. The second kappa shape index (κ2) is 6.83. The molecule has 136 valence electrons. The molecule has 1 aliphatic rings. The van der Waals surface area contributed by atoms with Crippen LogP contribution in [0.15, 0.2) is 30.6 Å². The van der Waals surface area contributed by atoms with Crippen LogP contribution in [-0.2, 0) is 13.0 Å². The molecule has 5 nitrogen and oxygen atoms in total. The first kappa shape index (κ1) is 17.2. The molecule has 0 saturated heterocycles. The van der Waals surface area contributed by atoms with Crippen LogP contribution >= 0.6 is 11.6 Å². The highest BCUT2D eigenvalue weighted by Gasteiger charge is 2.29. The summed E-state index contributed by atoms with van der Waals surface area (Å²) < 4.78 is 18.1. The van der Waals surface area contributed by atoms with Gasteiger partial charge in [-0.25, -0.2) is 19.0 Å². The van der Waals surface area contributed by atoms with Crippen molar-refractivity contribution in [1.82, 2.24) is 24.3 Å². The molecule has 4 rings (SSSR count). The van der Waals surface area contributed by atoms with E-state index in [0.29, 0.717) is 22.9 Å². The Morgan fingerprint density at radius 1 is 1.35 bits per heavy atom. The van der Waals surface area contributed by atoms with E-state index in [-0.39, 0.29) is 18.4 Å². The van der Waals surface area contributed by atoms with Crippen LogP contribution in [0, 0.1) is 12.7 Å². The number of benzene rings is 1. The lowest BCUT2D eigenvalue weighted by atomic mass is 10.2. The number of hydrogen-bond acceptors (Lipinski definition) is 3. The molecular weight excluding hydrogens is 353 g/mol. The summed E-state index contributed by atoms with van der Waals surface area (Å²) >= 11 is 6.21. The third-order valence-electron chi connectivity index (χ3n) is 4.89. The Labute approximate surface area is 156 Å². The zero-order valence-corrected chi connectivity index (χ0v) is 15.6. The number of halogens is 2. The number of nitrogens with zero attached hydrogens (tertiary/aromatic N) is 5. The lowest BCUT2D eigenvalue weighted by molar-refractivity contribution is 0.493. The van der Waals surface area contributed by atoms with Crippen molar-refractivity contribution in [3.63, 3.8) is 0 Å². The molecule has 1 unspecified atom stereocenters. The SMILES string of the molecule is Cc1nccn1C(C)Cc1nc(C2CC2)nn1Cc1c(F)cccc1Cl. The van der Waals surface area contributed by atoms with Crippen LogP contribution in [-0.4, -0.2) is 24.3 Å². The number of hydrogen-bond donors (Lipinski definition) is 0. The molecular formula is C19H21ClFN5. The molecule has 0 N–H and O–H groups in total. The Kier molecular flexibility index (Phi) is 4.53. The van der Waals surface area contributed by atoms with Crippen molar-refractivity contribution in [2.45, 2.75) is 51.6 Å². The number of aromatic nitrogens is 5. The van der Waals surface area contributed by atoms with E-state index in [1.165, 1.54) is 6.07 Å². The highest BCUT2D eigenvalue weighted by atomic mass is 35.5. The molecule has 1 fully saturated rings. The van der Waals surface area contributed by atoms with Gasteiger partial charge in [0.25, 0.3) is 0 Å². The number of imidazole rings is 1. The fourth-order valence-electron chi connectivity index (χ4n) is 3.23. The first-order chi connectivity index (χ1) is 12.5. The molecule has 3 aromatic rings. The minimum atomic E-state index is -0.314. The fourth-order valence-corrected chi connectivity index (χ4v) is 3.46. The third kappa shape index (κ3) is 3.38. The third-order valence-corrected chi connectivity index (χ3v) is 5.25. The van der Waals surface area contributed by atoms with E-state index < -0.39 is 0 Å². The smallest absolute Gasteiger partial charge is 0.154 e. The molecule has 0 radical (unpaired) electrons. The highest BCUT2D eigenvalue weighted by molar-refractivity contribution is 6.31. The Balaban J connectivity index is 1.64. The summed E-state index contributed by atoms with van der Waals surface area (Å²) in [6.45, 7) is 4.40. The van der Waals surface area contributed by atoms with Gasteiger partial charge in [-0.3, -0.25) is 0 Å². The van der Waals surface area contributed by atoms with Gasteiger partial charge in [-0.05, 0) is 38.8 Å². The lowest BCUT2D eigenvalue weighted by Gasteiger charge is -2.15. The predicted octanol–water partition coefficient (Wildman–Crippen LogP) is 4.30. The van der Waals surface area contributed by atoms with E-state index in [9.17, 15) is 4.39 Å². The van der Waals surface area contributed by atoms with E-state index >= 15 is 0 Å². The summed E-state index contributed by atoms with van der Waals surface area (Å²) in [5, 5.41) is 5.08. The molecule has 1 atom stereocenters. The van der Waals surface area contributed by atoms with Crippen LogP contribution in [0.1, 0.15) is 54.8 Å². The topological polar surface area (TPSA) is 48.5 Å². The molecule has 0 amide bonds. The summed E-state index contributed by atoms with van der Waals surface area (Å²) in [7, 11) is 0. The minimum Gasteiger partial charge on any atom is -0.332 e. The van der Waals surface area contributed by atoms with E-state index in [0.717, 1.165) is 30.3 Å². The number of aryl methyl sites for hydroxylation is 1. The maximum atomic E-state index is 14.2. The molecule has 1 saturated carbocycles. The standard InChI is InChI=1S/C19H21ClFN5/c1-12(25-9-8-22-13(25)2)10-18-23-19(14-6-7-14)24-26(18)11-15-16(20)4-3-5-17(15)21/h3-5,8-9,12,14H,6-7,10-11H2,1-2H3. The van der Waals surface area contributed by atoms with Crippen LogP contribution in [0.5, 0.6) is 0 Å². The van der Waals surface area contributed by atoms with Gasteiger partial charge in [-0.1, -0.05) is 17.7 Å². The van der Waals surface area contributed by atoms with Crippen LogP contribution in [0.25, 0.3) is 0 Å². The maximum Gasteiger partial charge on any atom is 0.154 e. The molecule has 26 heavy (non-hydrogen) atoms. The van der Waals surface area contributed by atoms with Crippen molar-refractivity contribution in [2.75, 3.05) is 0 Å². The molecule has 1 aromatic carbocycles. The zero-order valence-electron chi connectivity index (χ0n) is 14.9. The summed E-state index contributed by atoms with van der Waals surface area (Å²) in [5.74, 6) is 2.80. The summed E-state index contributed by atoms with van der Waals surface area (Å²) in [5.41, 5.74) is 0.453. The number of rotatable bonds is 6. The second-order valence-corrected chi connectivity index (χ2v) is 7.36. The van der Waals surface area contributed by atoms with Crippen LogP contribution in [0.3, 0.4) is 0 Å². The van der Waals surface area contributed by atoms with Gasteiger partial charge in [0, 0.05) is 41.4 Å². The Morgan fingerprint density at radius 3 is 2.81 bits per heavy atom. The highest BCUT2D eigenvalue weighted by Crippen LogP contribution is 2.38. The summed E-state index contributed by atoms with van der Waals surface area (Å²) in [6.07, 6.45) is 6.71. The summed E-state index contributed by atoms with van der Waals surface area (Å²) in [6, 6.07) is 4.93. The van der Waals surface area contributed by atoms with Crippen molar-refractivity contribution in [1.29, 1.82) is 0 Å². The van der Waals surface area contributed by atoms with Crippen molar-refractivity contribution < 1.29 is 4.39 Å². The van der Waals surface area contributed by atoms with Gasteiger partial charge in [0.15, 0.2) is 5.82 Å². The molecule has 7 heteroatoms. The van der Waals surface area contributed by atoms with Crippen LogP contribution in [0.4, 0.5) is 4.39 Å². The predicted molar refractivity (Wildman–Crippen MR) is 97.9 cm³/mol. The quantitative estimate of drug-likeness (QED) is 0.647. The van der Waals surface area contributed by atoms with Gasteiger partial charge < -0.3 is 4.57 Å². The fraction of sp³-hybridized carbons (Fsp3) is 0.421. The van der Waals surface area contributed by atoms with Gasteiger partial charge in [0.2, 0.25) is 0 Å². The van der Waals surface area contributed by atoms with Crippen LogP contribution < -0.4 is 0 Å². The Hall–Kier alpha value is -2.21. The largest absolute Gasteiger partial charge is 0.332 e. The summed E-state index contributed by atoms with van der Waals surface area (Å²) in [4.78, 5) is 9.05. The molecule has 0 aliphatic heterocycles. The Bertz CT molecular complexity index is 908. The molecule has 2 aromatic heterocycles. The zero-order chi connectivity index (χ0) is 18.3. The second-order valence-electron chi connectivity index (χ2n) is 6.95. The van der Waals surface area contributed by atoms with E-state index in [4.69, 9.17) is 16.6 Å². The van der Waals surface area contributed by atoms with Crippen molar-refractivity contribution in [2.24, 2.45) is 0 Å². The van der Waals surface area contributed by atoms with Crippen LogP contribution in [0.2, 0.25) is 5.02 Å². The van der Waals surface area contributed by atoms with Crippen molar-refractivity contribution in [3.8, 4) is 0 Å². The average Bonchev–Trinajstić information content (AvgIpc) is 3.25. The lowest BCUT2D eigenvalue weighted by Crippen LogP contribution is -2.15. The first-order valence-corrected chi connectivity index (χ1v) is 9.26. The molecule has 0 spiro atoms. The van der Waals surface area contributed by atoms with Crippen molar-refractivity contribution >= 4 is 11.6 Å². The van der Waals surface area contributed by atoms with Crippen molar-refractivity contribution in [3.05, 3.63) is 64.5 Å². The minimum absolute atomic E-state index is 0.184. The van der Waals surface area contributed by atoms with Gasteiger partial charge in [0.1, 0.15) is 17.5 Å². The monoisotopic (exact) mass is 373 g/mol. The normalized spacial score (nSPS) is 15.4. The Morgan fingerprint density at radius 2 is 2.15 bits per heavy atom. The maximum absolute atomic E-state index is 14.2. The van der Waals surface area contributed by atoms with E-state index in [1.807, 2.05) is 13.1 Å². The molecule has 2 heterocycles. The van der Waals surface area contributed by atoms with Gasteiger partial charge >= 0.3 is 0 Å².